The molecule has 0 radical (unpaired) electrons. The van der Waals surface area contributed by atoms with Crippen molar-refractivity contribution in [1.82, 2.24) is 0 Å². The maximum Gasteiger partial charge on any atom is 0.318 e. The molecule has 4 heteroatoms. The number of hydrogen-bond acceptors (Lipinski definition) is 3. The van der Waals surface area contributed by atoms with Gasteiger partial charge in [-0.25, -0.2) is 0 Å². The van der Waals surface area contributed by atoms with Crippen molar-refractivity contribution in [3.05, 3.63) is 70.8 Å². The number of allylic oxidation sites excluding steroid dienone is 1. The summed E-state index contributed by atoms with van der Waals surface area (Å²) < 4.78 is 11.0. The van der Waals surface area contributed by atoms with Crippen LogP contribution in [0.5, 0.6) is 5.75 Å². The Bertz CT molecular complexity index is 831. The van der Waals surface area contributed by atoms with Crippen molar-refractivity contribution < 1.29 is 14.3 Å². The van der Waals surface area contributed by atoms with Crippen LogP contribution in [0.15, 0.2) is 54.6 Å². The summed E-state index contributed by atoms with van der Waals surface area (Å²) in [6.45, 7) is 0. The highest BCUT2D eigenvalue weighted by atomic mass is 35.5. The lowest BCUT2D eigenvalue weighted by molar-refractivity contribution is -0.150. The second-order valence-corrected chi connectivity index (χ2v) is 7.48. The second kappa shape index (κ2) is 6.81. The molecule has 1 atom stereocenters. The molecule has 2 aliphatic rings. The Balaban J connectivity index is 1.78. The maximum atomic E-state index is 13.1. The minimum Gasteiger partial charge on any atom is -0.497 e. The fourth-order valence-corrected chi connectivity index (χ4v) is 4.32. The van der Waals surface area contributed by atoms with Crippen LogP contribution in [0.4, 0.5) is 0 Å². The maximum absolute atomic E-state index is 13.1. The van der Waals surface area contributed by atoms with E-state index < -0.39 is 5.41 Å². The van der Waals surface area contributed by atoms with Crippen LogP contribution < -0.4 is 4.74 Å². The molecule has 26 heavy (non-hydrogen) atoms. The van der Waals surface area contributed by atoms with E-state index in [2.05, 4.69) is 6.08 Å². The van der Waals surface area contributed by atoms with E-state index in [-0.39, 0.29) is 11.9 Å². The van der Waals surface area contributed by atoms with E-state index in [1.807, 2.05) is 48.5 Å². The van der Waals surface area contributed by atoms with Gasteiger partial charge in [-0.2, -0.15) is 0 Å². The average molecular weight is 369 g/mol. The zero-order valence-corrected chi connectivity index (χ0v) is 15.5. The zero-order valence-electron chi connectivity index (χ0n) is 14.7. The Kier molecular flexibility index (Phi) is 4.49. The van der Waals surface area contributed by atoms with Gasteiger partial charge in [0.1, 0.15) is 11.5 Å². The molecule has 1 unspecified atom stereocenters. The predicted octanol–water partition coefficient (Wildman–Crippen LogP) is 5.59. The van der Waals surface area contributed by atoms with Gasteiger partial charge in [0, 0.05) is 16.5 Å². The summed E-state index contributed by atoms with van der Waals surface area (Å²) >= 11 is 6.06. The van der Waals surface area contributed by atoms with Gasteiger partial charge in [-0.3, -0.25) is 4.79 Å². The van der Waals surface area contributed by atoms with Gasteiger partial charge in [-0.15, -0.1) is 0 Å². The van der Waals surface area contributed by atoms with Gasteiger partial charge in [0.15, 0.2) is 0 Å². The monoisotopic (exact) mass is 368 g/mol. The van der Waals surface area contributed by atoms with Gasteiger partial charge >= 0.3 is 5.97 Å². The van der Waals surface area contributed by atoms with E-state index in [1.165, 1.54) is 0 Å². The molecule has 0 bridgehead atoms. The van der Waals surface area contributed by atoms with Crippen LogP contribution in [0.1, 0.15) is 42.7 Å². The van der Waals surface area contributed by atoms with Crippen LogP contribution in [0.2, 0.25) is 5.02 Å². The fraction of sp³-hybridized carbons (Fsp3) is 0.318. The smallest absolute Gasteiger partial charge is 0.318 e. The van der Waals surface area contributed by atoms with Gasteiger partial charge in [0.05, 0.1) is 12.5 Å². The molecule has 1 saturated carbocycles. The van der Waals surface area contributed by atoms with Crippen molar-refractivity contribution in [1.29, 1.82) is 0 Å². The number of methoxy groups -OCH3 is 1. The van der Waals surface area contributed by atoms with Crippen molar-refractivity contribution >= 4 is 23.3 Å². The Labute approximate surface area is 158 Å². The molecule has 0 aromatic heterocycles. The Morgan fingerprint density at radius 3 is 2.31 bits per heavy atom. The largest absolute Gasteiger partial charge is 0.497 e. The van der Waals surface area contributed by atoms with E-state index in [9.17, 15) is 4.79 Å². The molecule has 1 aliphatic heterocycles. The van der Waals surface area contributed by atoms with Crippen LogP contribution in [0.25, 0.3) is 5.76 Å². The minimum absolute atomic E-state index is 0.000573. The van der Waals surface area contributed by atoms with Gasteiger partial charge in [-0.05, 0) is 60.9 Å². The first kappa shape index (κ1) is 17.2. The van der Waals surface area contributed by atoms with Crippen molar-refractivity contribution in [2.45, 2.75) is 31.6 Å². The highest BCUT2D eigenvalue weighted by molar-refractivity contribution is 6.30. The van der Waals surface area contributed by atoms with Crippen LogP contribution in [0, 0.1) is 5.41 Å². The fourth-order valence-electron chi connectivity index (χ4n) is 4.19. The predicted molar refractivity (Wildman–Crippen MR) is 102 cm³/mol. The summed E-state index contributed by atoms with van der Waals surface area (Å²) in [4.78, 5) is 13.1. The summed E-state index contributed by atoms with van der Waals surface area (Å²) in [5.74, 6) is 1.29. The lowest BCUT2D eigenvalue weighted by Crippen LogP contribution is -2.38. The average Bonchev–Trinajstić information content (AvgIpc) is 3.16. The Hall–Kier alpha value is -2.26. The van der Waals surface area contributed by atoms with Gasteiger partial charge in [0.25, 0.3) is 0 Å². The summed E-state index contributed by atoms with van der Waals surface area (Å²) in [5, 5.41) is 0.701. The first-order valence-corrected chi connectivity index (χ1v) is 9.34. The van der Waals surface area contributed by atoms with Gasteiger partial charge in [0.2, 0.25) is 0 Å². The van der Waals surface area contributed by atoms with Crippen LogP contribution in [-0.2, 0) is 9.53 Å². The molecule has 1 heterocycles. The summed E-state index contributed by atoms with van der Waals surface area (Å²) in [6.07, 6.45) is 5.96. The number of carbonyl (C=O) groups excluding carboxylic acids is 1. The number of cyclic esters (lactones) is 1. The number of ether oxygens (including phenoxy) is 2. The van der Waals surface area contributed by atoms with E-state index in [1.54, 1.807) is 7.11 Å². The summed E-state index contributed by atoms with van der Waals surface area (Å²) in [5.41, 5.74) is 1.54. The molecule has 2 aromatic carbocycles. The minimum atomic E-state index is -0.455. The quantitative estimate of drug-likeness (QED) is 0.662. The van der Waals surface area contributed by atoms with Crippen molar-refractivity contribution in [3.63, 3.8) is 0 Å². The molecule has 0 saturated heterocycles. The van der Waals surface area contributed by atoms with Crippen LogP contribution >= 0.6 is 11.6 Å². The van der Waals surface area contributed by atoms with E-state index >= 15 is 0 Å². The molecule has 2 aromatic rings. The van der Waals surface area contributed by atoms with E-state index in [0.29, 0.717) is 10.8 Å². The van der Waals surface area contributed by atoms with E-state index in [0.717, 1.165) is 42.6 Å². The highest BCUT2D eigenvalue weighted by Gasteiger charge is 2.51. The molecule has 1 fully saturated rings. The molecule has 134 valence electrons. The molecular weight excluding hydrogens is 348 g/mol. The topological polar surface area (TPSA) is 35.5 Å². The molecule has 4 rings (SSSR count). The second-order valence-electron chi connectivity index (χ2n) is 7.04. The SMILES string of the molecule is COc1ccc(C2=CC(c3ccc(Cl)cc3)C3(CCCC3)C(=O)O2)cc1. The third-order valence-corrected chi connectivity index (χ3v) is 5.87. The molecule has 1 spiro atoms. The molecule has 1 aliphatic carbocycles. The number of rotatable bonds is 3. The number of esters is 1. The molecule has 0 N–H and O–H groups in total. The molecule has 3 nitrogen and oxygen atoms in total. The Morgan fingerprint density at radius 1 is 1.04 bits per heavy atom. The van der Waals surface area contributed by atoms with Crippen LogP contribution in [0.3, 0.4) is 0 Å². The number of hydrogen-bond donors (Lipinski definition) is 0. The standard InChI is InChI=1S/C22H21ClO3/c1-25-18-10-6-16(7-11-18)20-14-19(15-4-8-17(23)9-5-15)22(21(24)26-20)12-2-3-13-22/h4-11,14,19H,2-3,12-13H2,1H3. The first-order valence-electron chi connectivity index (χ1n) is 8.96. The summed E-state index contributed by atoms with van der Waals surface area (Å²) in [7, 11) is 1.63. The van der Waals surface area contributed by atoms with Crippen molar-refractivity contribution in [3.8, 4) is 5.75 Å². The van der Waals surface area contributed by atoms with Crippen molar-refractivity contribution in [2.75, 3.05) is 7.11 Å². The lowest BCUT2D eigenvalue weighted by Gasteiger charge is -2.38. The molecular formula is C22H21ClO3. The summed E-state index contributed by atoms with van der Waals surface area (Å²) in [6, 6.07) is 15.4. The number of halogens is 1. The normalized spacial score (nSPS) is 21.4. The van der Waals surface area contributed by atoms with Gasteiger partial charge < -0.3 is 9.47 Å². The van der Waals surface area contributed by atoms with Crippen molar-refractivity contribution in [2.24, 2.45) is 5.41 Å². The van der Waals surface area contributed by atoms with Crippen LogP contribution in [-0.4, -0.2) is 13.1 Å². The molecule has 0 amide bonds. The third-order valence-electron chi connectivity index (χ3n) is 5.62. The third kappa shape index (κ3) is 2.90. The lowest BCUT2D eigenvalue weighted by atomic mass is 9.69. The number of carbonyl (C=O) groups is 1. The Morgan fingerprint density at radius 2 is 1.69 bits per heavy atom. The highest BCUT2D eigenvalue weighted by Crippen LogP contribution is 2.54. The number of benzene rings is 2. The van der Waals surface area contributed by atoms with Gasteiger partial charge in [-0.1, -0.05) is 36.6 Å². The zero-order chi connectivity index (χ0) is 18.1. The van der Waals surface area contributed by atoms with E-state index in [4.69, 9.17) is 21.1 Å². The first-order chi connectivity index (χ1) is 12.6.